The minimum Gasteiger partial charge on any atom is -0.496 e. The van der Waals surface area contributed by atoms with Crippen LogP contribution in [-0.2, 0) is 0 Å². The first-order valence-electron chi connectivity index (χ1n) is 6.75. The van der Waals surface area contributed by atoms with Crippen LogP contribution in [0.25, 0.3) is 0 Å². The summed E-state index contributed by atoms with van der Waals surface area (Å²) in [6, 6.07) is 11.2. The third kappa shape index (κ3) is 3.95. The highest BCUT2D eigenvalue weighted by Crippen LogP contribution is 2.25. The smallest absolute Gasteiger partial charge is 0.271 e. The number of rotatable bonds is 4. The normalized spacial score (nSPS) is 10.7. The van der Waals surface area contributed by atoms with Gasteiger partial charge < -0.3 is 4.74 Å². The zero-order valence-corrected chi connectivity index (χ0v) is 14.3. The summed E-state index contributed by atoms with van der Waals surface area (Å²) in [7, 11) is 1.58. The highest BCUT2D eigenvalue weighted by atomic mass is 79.9. The van der Waals surface area contributed by atoms with E-state index in [9.17, 15) is 4.79 Å². The van der Waals surface area contributed by atoms with Crippen molar-refractivity contribution in [2.75, 3.05) is 7.11 Å². The quantitative estimate of drug-likeness (QED) is 0.665. The molecule has 114 valence electrons. The van der Waals surface area contributed by atoms with E-state index in [1.807, 2.05) is 26.0 Å². The van der Waals surface area contributed by atoms with E-state index in [1.54, 1.807) is 31.5 Å². The fourth-order valence-electron chi connectivity index (χ4n) is 2.00. The second kappa shape index (κ2) is 7.22. The van der Waals surface area contributed by atoms with E-state index in [4.69, 9.17) is 4.74 Å². The minimum absolute atomic E-state index is 0.274. The van der Waals surface area contributed by atoms with Gasteiger partial charge in [-0.2, -0.15) is 5.10 Å². The Balaban J connectivity index is 2.06. The van der Waals surface area contributed by atoms with Crippen molar-refractivity contribution in [2.45, 2.75) is 13.8 Å². The van der Waals surface area contributed by atoms with Gasteiger partial charge in [0.2, 0.25) is 0 Å². The summed E-state index contributed by atoms with van der Waals surface area (Å²) in [4.78, 5) is 12.0. The zero-order chi connectivity index (χ0) is 16.1. The number of amides is 1. The summed E-state index contributed by atoms with van der Waals surface area (Å²) in [5.74, 6) is 0.402. The lowest BCUT2D eigenvalue weighted by molar-refractivity contribution is 0.0955. The van der Waals surface area contributed by atoms with Crippen LogP contribution >= 0.6 is 15.9 Å². The number of halogens is 1. The van der Waals surface area contributed by atoms with Crippen LogP contribution in [0.2, 0.25) is 0 Å². The first kappa shape index (κ1) is 16.2. The topological polar surface area (TPSA) is 50.7 Å². The van der Waals surface area contributed by atoms with Gasteiger partial charge in [0, 0.05) is 5.56 Å². The third-order valence-electron chi connectivity index (χ3n) is 3.21. The Kier molecular flexibility index (Phi) is 5.33. The Morgan fingerprint density at radius 1 is 1.23 bits per heavy atom. The molecule has 0 saturated carbocycles. The Hall–Kier alpha value is -2.14. The largest absolute Gasteiger partial charge is 0.496 e. The van der Waals surface area contributed by atoms with Gasteiger partial charge >= 0.3 is 0 Å². The number of methoxy groups -OCH3 is 1. The molecule has 0 bridgehead atoms. The molecule has 4 nitrogen and oxygen atoms in total. The van der Waals surface area contributed by atoms with E-state index in [1.165, 1.54) is 5.56 Å². The molecule has 2 aromatic carbocycles. The van der Waals surface area contributed by atoms with Crippen molar-refractivity contribution >= 4 is 28.1 Å². The summed E-state index contributed by atoms with van der Waals surface area (Å²) < 4.78 is 5.86. The summed E-state index contributed by atoms with van der Waals surface area (Å²) >= 11 is 3.35. The number of carbonyl (C=O) groups excluding carboxylic acids is 1. The van der Waals surface area contributed by atoms with Crippen molar-refractivity contribution in [3.63, 3.8) is 0 Å². The number of hydrogen-bond acceptors (Lipinski definition) is 3. The summed E-state index contributed by atoms with van der Waals surface area (Å²) in [5.41, 5.74) is 6.31. The zero-order valence-electron chi connectivity index (χ0n) is 12.7. The summed E-state index contributed by atoms with van der Waals surface area (Å²) in [6.45, 7) is 4.05. The Labute approximate surface area is 138 Å². The number of benzene rings is 2. The highest BCUT2D eigenvalue weighted by Gasteiger charge is 2.07. The van der Waals surface area contributed by atoms with Crippen LogP contribution in [0.15, 0.2) is 46.0 Å². The predicted octanol–water partition coefficient (Wildman–Crippen LogP) is 3.84. The van der Waals surface area contributed by atoms with Gasteiger partial charge in [0.1, 0.15) is 5.75 Å². The number of carbonyl (C=O) groups is 1. The number of nitrogens with one attached hydrogen (secondary N) is 1. The third-order valence-corrected chi connectivity index (χ3v) is 3.83. The van der Waals surface area contributed by atoms with Gasteiger partial charge in [-0.3, -0.25) is 4.79 Å². The number of hydrogen-bond donors (Lipinski definition) is 1. The standard InChI is InChI=1S/C17H17BrN2O2/c1-11-4-5-14(12(2)8-11)10-19-20-17(21)13-6-7-16(22-3)15(18)9-13/h4-10H,1-3H3,(H,20,21)/b19-10+. The van der Waals surface area contributed by atoms with Crippen molar-refractivity contribution in [2.24, 2.45) is 5.10 Å². The van der Waals surface area contributed by atoms with Crippen LogP contribution in [0.3, 0.4) is 0 Å². The van der Waals surface area contributed by atoms with Crippen molar-refractivity contribution in [3.05, 3.63) is 63.1 Å². The molecule has 1 amide bonds. The maximum Gasteiger partial charge on any atom is 0.271 e. The Morgan fingerprint density at radius 3 is 2.64 bits per heavy atom. The average molecular weight is 361 g/mol. The van der Waals surface area contributed by atoms with E-state index in [0.717, 1.165) is 15.6 Å². The molecular weight excluding hydrogens is 344 g/mol. The van der Waals surface area contributed by atoms with Crippen LogP contribution in [0, 0.1) is 13.8 Å². The number of aryl methyl sites for hydroxylation is 2. The number of nitrogens with zero attached hydrogens (tertiary/aromatic N) is 1. The van der Waals surface area contributed by atoms with Gasteiger partial charge in [0.25, 0.3) is 5.91 Å². The molecular formula is C17H17BrN2O2. The number of hydrazone groups is 1. The fourth-order valence-corrected chi connectivity index (χ4v) is 2.54. The van der Waals surface area contributed by atoms with Crippen LogP contribution in [0.5, 0.6) is 5.75 Å². The fraction of sp³-hybridized carbons (Fsp3) is 0.176. The monoisotopic (exact) mass is 360 g/mol. The maximum atomic E-state index is 12.0. The molecule has 5 heteroatoms. The predicted molar refractivity (Wildman–Crippen MR) is 91.7 cm³/mol. The van der Waals surface area contributed by atoms with E-state index < -0.39 is 0 Å². The molecule has 2 aromatic rings. The molecule has 0 unspecified atom stereocenters. The molecule has 0 aliphatic carbocycles. The minimum atomic E-state index is -0.274. The van der Waals surface area contributed by atoms with Crippen molar-refractivity contribution in [3.8, 4) is 5.75 Å². The molecule has 0 atom stereocenters. The van der Waals surface area contributed by atoms with Crippen LogP contribution in [0.1, 0.15) is 27.0 Å². The molecule has 0 fully saturated rings. The molecule has 2 rings (SSSR count). The average Bonchev–Trinajstić information content (AvgIpc) is 2.49. The number of ether oxygens (including phenoxy) is 1. The Bertz CT molecular complexity index is 727. The molecule has 1 N–H and O–H groups in total. The highest BCUT2D eigenvalue weighted by molar-refractivity contribution is 9.10. The Morgan fingerprint density at radius 2 is 2.00 bits per heavy atom. The summed E-state index contributed by atoms with van der Waals surface area (Å²) in [5, 5.41) is 4.01. The van der Waals surface area contributed by atoms with Crippen molar-refractivity contribution in [1.82, 2.24) is 5.43 Å². The molecule has 0 saturated heterocycles. The van der Waals surface area contributed by atoms with Crippen molar-refractivity contribution < 1.29 is 9.53 Å². The lowest BCUT2D eigenvalue weighted by Gasteiger charge is -2.05. The summed E-state index contributed by atoms with van der Waals surface area (Å²) in [6.07, 6.45) is 1.64. The van der Waals surface area contributed by atoms with Gasteiger partial charge in [-0.15, -0.1) is 0 Å². The van der Waals surface area contributed by atoms with Gasteiger partial charge in [-0.05, 0) is 59.1 Å². The first-order chi connectivity index (χ1) is 10.5. The van der Waals surface area contributed by atoms with Gasteiger partial charge in [0.05, 0.1) is 17.8 Å². The van der Waals surface area contributed by atoms with Gasteiger partial charge in [0.15, 0.2) is 0 Å². The van der Waals surface area contributed by atoms with E-state index in [2.05, 4.69) is 32.5 Å². The van der Waals surface area contributed by atoms with Gasteiger partial charge in [-0.25, -0.2) is 5.43 Å². The molecule has 0 aromatic heterocycles. The van der Waals surface area contributed by atoms with Crippen LogP contribution in [-0.4, -0.2) is 19.2 Å². The first-order valence-corrected chi connectivity index (χ1v) is 7.55. The molecule has 0 heterocycles. The van der Waals surface area contributed by atoms with Crippen LogP contribution in [0.4, 0.5) is 0 Å². The van der Waals surface area contributed by atoms with E-state index in [-0.39, 0.29) is 5.91 Å². The lowest BCUT2D eigenvalue weighted by atomic mass is 10.1. The molecule has 0 radical (unpaired) electrons. The maximum absolute atomic E-state index is 12.0. The second-order valence-corrected chi connectivity index (χ2v) is 5.76. The van der Waals surface area contributed by atoms with E-state index >= 15 is 0 Å². The van der Waals surface area contributed by atoms with Crippen LogP contribution < -0.4 is 10.2 Å². The second-order valence-electron chi connectivity index (χ2n) is 4.91. The molecule has 0 aliphatic heterocycles. The molecule has 0 aliphatic rings. The van der Waals surface area contributed by atoms with E-state index in [0.29, 0.717) is 11.3 Å². The van der Waals surface area contributed by atoms with Gasteiger partial charge in [-0.1, -0.05) is 23.8 Å². The molecule has 0 spiro atoms. The SMILES string of the molecule is COc1ccc(C(=O)N/N=C/c2ccc(C)cc2C)cc1Br. The lowest BCUT2D eigenvalue weighted by Crippen LogP contribution is -2.17. The molecule has 22 heavy (non-hydrogen) atoms. The van der Waals surface area contributed by atoms with Crippen molar-refractivity contribution in [1.29, 1.82) is 0 Å².